The standard InChI is InChI=1S/C13H17N3O2S2/c1-14-9-12-8-13(19-10-12)20(17,18)16-7-4-11-2-5-15-6-3-11/h2-3,5-6,8,10,14,16H,4,7,9H2,1H3. The second kappa shape index (κ2) is 6.94. The van der Waals surface area contributed by atoms with Gasteiger partial charge in [-0.25, -0.2) is 13.1 Å². The van der Waals surface area contributed by atoms with Crippen molar-refractivity contribution in [2.75, 3.05) is 13.6 Å². The van der Waals surface area contributed by atoms with Crippen LogP contribution in [0.3, 0.4) is 0 Å². The van der Waals surface area contributed by atoms with Crippen LogP contribution in [0.25, 0.3) is 0 Å². The monoisotopic (exact) mass is 311 g/mol. The van der Waals surface area contributed by atoms with E-state index in [1.54, 1.807) is 18.5 Å². The van der Waals surface area contributed by atoms with E-state index in [1.807, 2.05) is 24.6 Å². The molecule has 0 bridgehead atoms. The molecule has 0 saturated heterocycles. The second-order valence-corrected chi connectivity index (χ2v) is 7.21. The molecule has 0 saturated carbocycles. The Hall–Kier alpha value is -1.28. The topological polar surface area (TPSA) is 71.1 Å². The van der Waals surface area contributed by atoms with E-state index in [0.717, 1.165) is 11.1 Å². The van der Waals surface area contributed by atoms with Gasteiger partial charge in [-0.2, -0.15) is 0 Å². The first kappa shape index (κ1) is 15.1. The number of hydrogen-bond acceptors (Lipinski definition) is 5. The largest absolute Gasteiger partial charge is 0.316 e. The van der Waals surface area contributed by atoms with Gasteiger partial charge in [0.05, 0.1) is 0 Å². The third-order valence-electron chi connectivity index (χ3n) is 2.73. The highest BCUT2D eigenvalue weighted by Gasteiger charge is 2.15. The molecule has 20 heavy (non-hydrogen) atoms. The van der Waals surface area contributed by atoms with Gasteiger partial charge in [-0.1, -0.05) is 0 Å². The molecule has 0 unspecified atom stereocenters. The van der Waals surface area contributed by atoms with Gasteiger partial charge < -0.3 is 5.32 Å². The van der Waals surface area contributed by atoms with Crippen molar-refractivity contribution in [3.63, 3.8) is 0 Å². The normalized spacial score (nSPS) is 11.7. The zero-order valence-electron chi connectivity index (χ0n) is 11.2. The fraction of sp³-hybridized carbons (Fsp3) is 0.308. The van der Waals surface area contributed by atoms with E-state index < -0.39 is 10.0 Å². The van der Waals surface area contributed by atoms with Crippen LogP contribution < -0.4 is 10.0 Å². The number of nitrogens with one attached hydrogen (secondary N) is 2. The van der Waals surface area contributed by atoms with E-state index >= 15 is 0 Å². The van der Waals surface area contributed by atoms with Crippen molar-refractivity contribution in [1.82, 2.24) is 15.0 Å². The van der Waals surface area contributed by atoms with Crippen LogP contribution in [0, 0.1) is 0 Å². The van der Waals surface area contributed by atoms with Crippen LogP contribution in [0.4, 0.5) is 0 Å². The molecule has 108 valence electrons. The van der Waals surface area contributed by atoms with Crippen molar-refractivity contribution < 1.29 is 8.42 Å². The molecule has 2 aromatic rings. The molecule has 0 aliphatic heterocycles. The molecule has 0 aliphatic carbocycles. The van der Waals surface area contributed by atoms with Crippen molar-refractivity contribution in [2.24, 2.45) is 0 Å². The molecule has 0 aromatic carbocycles. The first-order valence-electron chi connectivity index (χ1n) is 6.22. The van der Waals surface area contributed by atoms with Crippen LogP contribution in [0.5, 0.6) is 0 Å². The summed E-state index contributed by atoms with van der Waals surface area (Å²) in [7, 11) is -1.57. The van der Waals surface area contributed by atoms with Gasteiger partial charge in [0.1, 0.15) is 4.21 Å². The van der Waals surface area contributed by atoms with E-state index in [9.17, 15) is 8.42 Å². The molecule has 7 heteroatoms. The van der Waals surface area contributed by atoms with Crippen molar-refractivity contribution in [3.05, 3.63) is 47.1 Å². The van der Waals surface area contributed by atoms with Gasteiger partial charge in [0.15, 0.2) is 0 Å². The van der Waals surface area contributed by atoms with E-state index in [1.165, 1.54) is 11.3 Å². The summed E-state index contributed by atoms with van der Waals surface area (Å²) < 4.78 is 27.2. The number of hydrogen-bond donors (Lipinski definition) is 2. The number of aromatic nitrogens is 1. The van der Waals surface area contributed by atoms with E-state index in [4.69, 9.17) is 0 Å². The summed E-state index contributed by atoms with van der Waals surface area (Å²) in [6.07, 6.45) is 4.05. The van der Waals surface area contributed by atoms with E-state index in [-0.39, 0.29) is 0 Å². The van der Waals surface area contributed by atoms with E-state index in [2.05, 4.69) is 15.0 Å². The maximum Gasteiger partial charge on any atom is 0.250 e. The van der Waals surface area contributed by atoms with Gasteiger partial charge in [0, 0.05) is 25.5 Å². The molecular formula is C13H17N3O2S2. The summed E-state index contributed by atoms with van der Waals surface area (Å²) in [4.78, 5) is 3.93. The van der Waals surface area contributed by atoms with Crippen molar-refractivity contribution in [3.8, 4) is 0 Å². The third-order valence-corrected chi connectivity index (χ3v) is 5.68. The Morgan fingerprint density at radius 3 is 2.70 bits per heavy atom. The fourth-order valence-electron chi connectivity index (χ4n) is 1.74. The molecule has 0 amide bonds. The predicted octanol–water partition coefficient (Wildman–Crippen LogP) is 1.38. The maximum atomic E-state index is 12.1. The van der Waals surface area contributed by atoms with E-state index in [0.29, 0.717) is 23.7 Å². The molecule has 2 heterocycles. The average molecular weight is 311 g/mol. The molecule has 2 N–H and O–H groups in total. The van der Waals surface area contributed by atoms with Crippen LogP contribution in [0.2, 0.25) is 0 Å². The first-order valence-corrected chi connectivity index (χ1v) is 8.58. The highest BCUT2D eigenvalue weighted by molar-refractivity contribution is 7.91. The molecule has 0 atom stereocenters. The predicted molar refractivity (Wildman–Crippen MR) is 80.2 cm³/mol. The Bertz CT molecular complexity index is 639. The Morgan fingerprint density at radius 2 is 2.00 bits per heavy atom. The molecule has 0 fully saturated rings. The molecule has 0 radical (unpaired) electrons. The highest BCUT2D eigenvalue weighted by atomic mass is 32.2. The molecular weight excluding hydrogens is 294 g/mol. The summed E-state index contributed by atoms with van der Waals surface area (Å²) in [5.41, 5.74) is 2.04. The van der Waals surface area contributed by atoms with Crippen LogP contribution in [0.15, 0.2) is 40.2 Å². The third kappa shape index (κ3) is 4.11. The Morgan fingerprint density at radius 1 is 1.25 bits per heavy atom. The molecule has 0 spiro atoms. The highest BCUT2D eigenvalue weighted by Crippen LogP contribution is 2.19. The number of pyridine rings is 1. The van der Waals surface area contributed by atoms with Crippen molar-refractivity contribution >= 4 is 21.4 Å². The van der Waals surface area contributed by atoms with Gasteiger partial charge in [-0.15, -0.1) is 11.3 Å². The lowest BCUT2D eigenvalue weighted by molar-refractivity contribution is 0.583. The smallest absolute Gasteiger partial charge is 0.250 e. The summed E-state index contributed by atoms with van der Waals surface area (Å²) in [5.74, 6) is 0. The van der Waals surface area contributed by atoms with Gasteiger partial charge >= 0.3 is 0 Å². The second-order valence-electron chi connectivity index (χ2n) is 4.31. The quantitative estimate of drug-likeness (QED) is 0.810. The summed E-state index contributed by atoms with van der Waals surface area (Å²) in [5, 5.41) is 4.85. The average Bonchev–Trinajstić information content (AvgIpc) is 2.90. The SMILES string of the molecule is CNCc1csc(S(=O)(=O)NCCc2ccncc2)c1. The van der Waals surface area contributed by atoms with Crippen LogP contribution >= 0.6 is 11.3 Å². The Balaban J connectivity index is 1.93. The summed E-state index contributed by atoms with van der Waals surface area (Å²) in [6.45, 7) is 1.05. The fourth-order valence-corrected chi connectivity index (χ4v) is 4.03. The lowest BCUT2D eigenvalue weighted by Crippen LogP contribution is -2.25. The number of rotatable bonds is 7. The summed E-state index contributed by atoms with van der Waals surface area (Å²) in [6, 6.07) is 5.46. The maximum absolute atomic E-state index is 12.1. The van der Waals surface area contributed by atoms with Gasteiger partial charge in [0.2, 0.25) is 10.0 Å². The van der Waals surface area contributed by atoms with Gasteiger partial charge in [0.25, 0.3) is 0 Å². The number of sulfonamides is 1. The zero-order chi connectivity index (χ0) is 14.4. The first-order chi connectivity index (χ1) is 9.62. The van der Waals surface area contributed by atoms with Crippen molar-refractivity contribution in [2.45, 2.75) is 17.2 Å². The Labute approximate surface area is 123 Å². The molecule has 2 rings (SSSR count). The lowest BCUT2D eigenvalue weighted by atomic mass is 10.2. The van der Waals surface area contributed by atoms with Gasteiger partial charge in [-0.05, 0) is 48.2 Å². The Kier molecular flexibility index (Phi) is 5.24. The lowest BCUT2D eigenvalue weighted by Gasteiger charge is -2.04. The van der Waals surface area contributed by atoms with Gasteiger partial charge in [-0.3, -0.25) is 4.98 Å². The minimum absolute atomic E-state index is 0.359. The van der Waals surface area contributed by atoms with Crippen LogP contribution in [-0.4, -0.2) is 27.0 Å². The zero-order valence-corrected chi connectivity index (χ0v) is 12.8. The number of thiophene rings is 1. The summed E-state index contributed by atoms with van der Waals surface area (Å²) >= 11 is 1.24. The molecule has 2 aromatic heterocycles. The minimum Gasteiger partial charge on any atom is -0.316 e. The van der Waals surface area contributed by atoms with Crippen LogP contribution in [-0.2, 0) is 23.0 Å². The molecule has 5 nitrogen and oxygen atoms in total. The molecule has 0 aliphatic rings. The van der Waals surface area contributed by atoms with Crippen LogP contribution in [0.1, 0.15) is 11.1 Å². The van der Waals surface area contributed by atoms with Crippen molar-refractivity contribution in [1.29, 1.82) is 0 Å². The number of nitrogens with zero attached hydrogens (tertiary/aromatic N) is 1. The minimum atomic E-state index is -3.40.